The Labute approximate surface area is 177 Å². The van der Waals surface area contributed by atoms with E-state index in [0.29, 0.717) is 17.3 Å². The van der Waals surface area contributed by atoms with Crippen LogP contribution in [0.5, 0.6) is 0 Å². The Bertz CT molecular complexity index is 1110. The number of nitrogens with zero attached hydrogens (tertiary/aromatic N) is 4. The molecule has 0 aliphatic rings. The fourth-order valence-corrected chi connectivity index (χ4v) is 4.47. The lowest BCUT2D eigenvalue weighted by Gasteiger charge is -2.07. The van der Waals surface area contributed by atoms with Gasteiger partial charge in [0.25, 0.3) is 5.91 Å². The first-order chi connectivity index (χ1) is 14.2. The van der Waals surface area contributed by atoms with Gasteiger partial charge in [-0.3, -0.25) is 9.36 Å². The zero-order chi connectivity index (χ0) is 20.1. The third-order valence-corrected chi connectivity index (χ3v) is 6.25. The Morgan fingerprint density at radius 1 is 1.14 bits per heavy atom. The van der Waals surface area contributed by atoms with Crippen molar-refractivity contribution in [2.24, 2.45) is 0 Å². The Morgan fingerprint density at radius 3 is 2.83 bits per heavy atom. The van der Waals surface area contributed by atoms with E-state index >= 15 is 0 Å². The third-order valence-electron chi connectivity index (χ3n) is 4.17. The highest BCUT2D eigenvalue weighted by molar-refractivity contribution is 7.98. The first-order valence-corrected chi connectivity index (χ1v) is 10.9. The number of carbonyl (C=O) groups excluding carboxylic acids is 1. The van der Waals surface area contributed by atoms with Gasteiger partial charge < -0.3 is 5.32 Å². The number of hydrogen-bond donors (Lipinski definition) is 1. The minimum Gasteiger partial charge on any atom is -0.346 e. The molecule has 0 spiro atoms. The van der Waals surface area contributed by atoms with Crippen LogP contribution in [0.15, 0.2) is 72.1 Å². The standard InChI is InChI=1S/C21H19N5OS2/c1-15-6-5-9-17(12-15)26-11-10-22-21(26)28-14-18-24-25-20(29-18)19(27)23-13-16-7-3-2-4-8-16/h2-12H,13-14H2,1H3,(H,23,27). The van der Waals surface area contributed by atoms with Crippen molar-refractivity contribution >= 4 is 29.0 Å². The van der Waals surface area contributed by atoms with Gasteiger partial charge in [-0.1, -0.05) is 65.6 Å². The lowest BCUT2D eigenvalue weighted by Crippen LogP contribution is -2.22. The van der Waals surface area contributed by atoms with Gasteiger partial charge in [0.05, 0.1) is 5.75 Å². The van der Waals surface area contributed by atoms with Crippen molar-refractivity contribution in [1.82, 2.24) is 25.1 Å². The van der Waals surface area contributed by atoms with E-state index in [-0.39, 0.29) is 5.91 Å². The van der Waals surface area contributed by atoms with Gasteiger partial charge in [0, 0.05) is 24.6 Å². The highest BCUT2D eigenvalue weighted by Gasteiger charge is 2.14. The zero-order valence-corrected chi connectivity index (χ0v) is 17.4. The second kappa shape index (κ2) is 9.02. The molecule has 4 aromatic rings. The van der Waals surface area contributed by atoms with Crippen molar-refractivity contribution < 1.29 is 4.79 Å². The van der Waals surface area contributed by atoms with E-state index in [4.69, 9.17) is 0 Å². The quantitative estimate of drug-likeness (QED) is 0.452. The van der Waals surface area contributed by atoms with Crippen molar-refractivity contribution in [2.75, 3.05) is 0 Å². The highest BCUT2D eigenvalue weighted by Crippen LogP contribution is 2.25. The van der Waals surface area contributed by atoms with Gasteiger partial charge in [-0.25, -0.2) is 4.98 Å². The molecule has 2 heterocycles. The maximum absolute atomic E-state index is 12.3. The molecule has 2 aromatic heterocycles. The van der Waals surface area contributed by atoms with Gasteiger partial charge in [0.1, 0.15) is 5.01 Å². The molecule has 2 aromatic carbocycles. The number of aromatic nitrogens is 4. The Hall–Kier alpha value is -2.97. The molecule has 0 atom stereocenters. The molecule has 6 nitrogen and oxygen atoms in total. The third kappa shape index (κ3) is 4.90. The monoisotopic (exact) mass is 421 g/mol. The van der Waals surface area contributed by atoms with Crippen molar-refractivity contribution in [3.05, 3.63) is 88.1 Å². The van der Waals surface area contributed by atoms with E-state index in [0.717, 1.165) is 21.4 Å². The average Bonchev–Trinajstić information content (AvgIpc) is 3.41. The lowest BCUT2D eigenvalue weighted by molar-refractivity contribution is 0.0950. The first kappa shape index (κ1) is 19.4. The maximum Gasteiger partial charge on any atom is 0.282 e. The molecule has 0 aliphatic carbocycles. The molecule has 0 radical (unpaired) electrons. The van der Waals surface area contributed by atoms with Crippen LogP contribution in [0.4, 0.5) is 0 Å². The fraction of sp³-hybridized carbons (Fsp3) is 0.143. The number of aryl methyl sites for hydroxylation is 1. The largest absolute Gasteiger partial charge is 0.346 e. The second-order valence-corrected chi connectivity index (χ2v) is 8.38. The fourth-order valence-electron chi connectivity index (χ4n) is 2.75. The van der Waals surface area contributed by atoms with Crippen molar-refractivity contribution in [1.29, 1.82) is 0 Å². The van der Waals surface area contributed by atoms with Crippen LogP contribution in [0.3, 0.4) is 0 Å². The summed E-state index contributed by atoms with van der Waals surface area (Å²) in [5.41, 5.74) is 3.31. The van der Waals surface area contributed by atoms with Gasteiger partial charge >= 0.3 is 0 Å². The minimum atomic E-state index is -0.205. The summed E-state index contributed by atoms with van der Waals surface area (Å²) in [5, 5.41) is 13.1. The van der Waals surface area contributed by atoms with Crippen LogP contribution >= 0.6 is 23.1 Å². The molecular formula is C21H19N5OS2. The number of rotatable bonds is 7. The smallest absolute Gasteiger partial charge is 0.282 e. The van der Waals surface area contributed by atoms with Crippen molar-refractivity contribution in [3.8, 4) is 5.69 Å². The number of carbonyl (C=O) groups is 1. The lowest BCUT2D eigenvalue weighted by atomic mass is 10.2. The van der Waals surface area contributed by atoms with Crippen LogP contribution in [0.25, 0.3) is 5.69 Å². The molecule has 0 fully saturated rings. The van der Waals surface area contributed by atoms with Crippen LogP contribution in [0, 0.1) is 6.92 Å². The van der Waals surface area contributed by atoms with Crippen LogP contribution in [0.1, 0.15) is 25.9 Å². The number of benzene rings is 2. The van der Waals surface area contributed by atoms with E-state index in [2.05, 4.69) is 45.6 Å². The van der Waals surface area contributed by atoms with E-state index in [1.807, 2.05) is 47.2 Å². The predicted molar refractivity (Wildman–Crippen MR) is 115 cm³/mol. The predicted octanol–water partition coefficient (Wildman–Crippen LogP) is 4.25. The SMILES string of the molecule is Cc1cccc(-n2ccnc2SCc2nnc(C(=O)NCc3ccccc3)s2)c1. The minimum absolute atomic E-state index is 0.205. The summed E-state index contributed by atoms with van der Waals surface area (Å²) in [7, 11) is 0. The number of imidazole rings is 1. The van der Waals surface area contributed by atoms with Gasteiger partial charge in [-0.15, -0.1) is 10.2 Å². The zero-order valence-electron chi connectivity index (χ0n) is 15.8. The topological polar surface area (TPSA) is 72.7 Å². The Kier molecular flexibility index (Phi) is 6.02. The highest BCUT2D eigenvalue weighted by atomic mass is 32.2. The molecule has 0 bridgehead atoms. The van der Waals surface area contributed by atoms with Crippen LogP contribution < -0.4 is 5.32 Å². The molecule has 0 saturated carbocycles. The van der Waals surface area contributed by atoms with E-state index in [1.54, 1.807) is 18.0 Å². The number of hydrogen-bond acceptors (Lipinski definition) is 6. The molecule has 4 rings (SSSR count). The summed E-state index contributed by atoms with van der Waals surface area (Å²) in [6.07, 6.45) is 3.73. The number of thioether (sulfide) groups is 1. The number of amides is 1. The molecule has 0 aliphatic heterocycles. The van der Waals surface area contributed by atoms with Crippen molar-refractivity contribution in [2.45, 2.75) is 24.4 Å². The Balaban J connectivity index is 1.37. The van der Waals surface area contributed by atoms with E-state index in [9.17, 15) is 4.79 Å². The van der Waals surface area contributed by atoms with Gasteiger partial charge in [-0.2, -0.15) is 0 Å². The normalized spacial score (nSPS) is 10.8. The van der Waals surface area contributed by atoms with Gasteiger partial charge in [0.2, 0.25) is 5.01 Å². The Morgan fingerprint density at radius 2 is 2.00 bits per heavy atom. The molecule has 0 saturated heterocycles. The molecule has 29 heavy (non-hydrogen) atoms. The molecule has 1 N–H and O–H groups in total. The van der Waals surface area contributed by atoms with E-state index in [1.165, 1.54) is 16.9 Å². The van der Waals surface area contributed by atoms with E-state index < -0.39 is 0 Å². The summed E-state index contributed by atoms with van der Waals surface area (Å²) >= 11 is 2.88. The first-order valence-electron chi connectivity index (χ1n) is 9.07. The summed E-state index contributed by atoms with van der Waals surface area (Å²) in [6, 6.07) is 18.1. The van der Waals surface area contributed by atoms with Crippen LogP contribution in [0.2, 0.25) is 0 Å². The van der Waals surface area contributed by atoms with Crippen LogP contribution in [-0.4, -0.2) is 25.7 Å². The molecule has 1 amide bonds. The molecular weight excluding hydrogens is 402 g/mol. The van der Waals surface area contributed by atoms with Gasteiger partial charge in [-0.05, 0) is 30.2 Å². The summed E-state index contributed by atoms with van der Waals surface area (Å²) in [5.74, 6) is 0.399. The molecule has 0 unspecified atom stereocenters. The molecule has 8 heteroatoms. The summed E-state index contributed by atoms with van der Waals surface area (Å²) in [4.78, 5) is 16.8. The van der Waals surface area contributed by atoms with Crippen molar-refractivity contribution in [3.63, 3.8) is 0 Å². The average molecular weight is 422 g/mol. The van der Waals surface area contributed by atoms with Gasteiger partial charge in [0.15, 0.2) is 5.16 Å². The second-order valence-electron chi connectivity index (χ2n) is 6.38. The summed E-state index contributed by atoms with van der Waals surface area (Å²) < 4.78 is 2.05. The maximum atomic E-state index is 12.3. The number of nitrogens with one attached hydrogen (secondary N) is 1. The molecule has 146 valence electrons. The summed E-state index contributed by atoms with van der Waals surface area (Å²) in [6.45, 7) is 2.54. The van der Waals surface area contributed by atoms with Crippen LogP contribution in [-0.2, 0) is 12.3 Å².